The van der Waals surface area contributed by atoms with E-state index in [9.17, 15) is 4.79 Å². The van der Waals surface area contributed by atoms with Crippen molar-refractivity contribution in [3.05, 3.63) is 28.2 Å². The summed E-state index contributed by atoms with van der Waals surface area (Å²) >= 11 is 8.33. The molecule has 0 saturated heterocycles. The molecule has 18 heavy (non-hydrogen) atoms. The van der Waals surface area contributed by atoms with E-state index in [1.54, 1.807) is 0 Å². The Hall–Kier alpha value is -1.14. The third-order valence-corrected chi connectivity index (χ3v) is 2.97. The molecule has 0 aliphatic heterocycles. The van der Waals surface area contributed by atoms with Crippen LogP contribution in [-0.4, -0.2) is 24.0 Å². The largest absolute Gasteiger partial charge is 0.389 e. The van der Waals surface area contributed by atoms with E-state index < -0.39 is 0 Å². The fourth-order valence-electron chi connectivity index (χ4n) is 1.38. The number of rotatable bonds is 6. The summed E-state index contributed by atoms with van der Waals surface area (Å²) in [5, 5.41) is 5.82. The molecule has 0 aliphatic carbocycles. The Morgan fingerprint density at radius 3 is 2.83 bits per heavy atom. The number of amides is 1. The molecule has 0 atom stereocenters. The number of halogens is 1. The Morgan fingerprint density at radius 1 is 1.50 bits per heavy atom. The summed E-state index contributed by atoms with van der Waals surface area (Å²) < 4.78 is 0.895. The summed E-state index contributed by atoms with van der Waals surface area (Å²) in [7, 11) is 0. The Kier molecular flexibility index (Phi) is 6.07. The van der Waals surface area contributed by atoms with Crippen molar-refractivity contribution in [3.8, 4) is 0 Å². The minimum absolute atomic E-state index is 0.0475. The summed E-state index contributed by atoms with van der Waals surface area (Å²) in [6.45, 7) is 2.90. The van der Waals surface area contributed by atoms with E-state index in [1.807, 2.05) is 25.1 Å². The van der Waals surface area contributed by atoms with Crippen LogP contribution in [0, 0.1) is 0 Å². The zero-order valence-corrected chi connectivity index (χ0v) is 12.5. The Bertz CT molecular complexity index is 451. The lowest BCUT2D eigenvalue weighted by Gasteiger charge is -2.11. The van der Waals surface area contributed by atoms with Crippen molar-refractivity contribution in [1.82, 2.24) is 5.32 Å². The van der Waals surface area contributed by atoms with Gasteiger partial charge in [-0.2, -0.15) is 0 Å². The summed E-state index contributed by atoms with van der Waals surface area (Å²) in [5.74, 6) is -0.0475. The number of carbonyl (C=O) groups is 1. The first-order chi connectivity index (χ1) is 8.54. The monoisotopic (exact) mass is 329 g/mol. The Morgan fingerprint density at radius 2 is 2.22 bits per heavy atom. The maximum Gasteiger partial charge on any atom is 0.239 e. The second kappa shape index (κ2) is 7.33. The summed E-state index contributed by atoms with van der Waals surface area (Å²) in [5.41, 5.74) is 7.13. The van der Waals surface area contributed by atoms with Gasteiger partial charge in [0, 0.05) is 22.3 Å². The molecule has 1 rings (SSSR count). The molecule has 1 aromatic carbocycles. The predicted molar refractivity (Wildman–Crippen MR) is 81.8 cm³/mol. The third kappa shape index (κ3) is 4.62. The van der Waals surface area contributed by atoms with Crippen molar-refractivity contribution in [1.29, 1.82) is 0 Å². The van der Waals surface area contributed by atoms with Gasteiger partial charge in [-0.15, -0.1) is 0 Å². The summed E-state index contributed by atoms with van der Waals surface area (Å²) in [6.07, 6.45) is 0.919. The normalized spacial score (nSPS) is 9.89. The van der Waals surface area contributed by atoms with Gasteiger partial charge in [0.1, 0.15) is 4.99 Å². The molecule has 0 spiro atoms. The highest BCUT2D eigenvalue weighted by molar-refractivity contribution is 9.10. The molecular formula is C12H16BrN3OS. The van der Waals surface area contributed by atoms with Crippen LogP contribution in [0.25, 0.3) is 0 Å². The highest BCUT2D eigenvalue weighted by Crippen LogP contribution is 2.20. The van der Waals surface area contributed by atoms with Crippen LogP contribution in [0.3, 0.4) is 0 Å². The van der Waals surface area contributed by atoms with Gasteiger partial charge in [-0.25, -0.2) is 0 Å². The van der Waals surface area contributed by atoms with Crippen LogP contribution in [0.2, 0.25) is 0 Å². The maximum absolute atomic E-state index is 11.5. The molecule has 4 nitrogen and oxygen atoms in total. The van der Waals surface area contributed by atoms with Crippen molar-refractivity contribution in [3.63, 3.8) is 0 Å². The van der Waals surface area contributed by atoms with Crippen molar-refractivity contribution in [2.75, 3.05) is 18.4 Å². The van der Waals surface area contributed by atoms with Gasteiger partial charge >= 0.3 is 0 Å². The van der Waals surface area contributed by atoms with Crippen LogP contribution in [0.5, 0.6) is 0 Å². The third-order valence-electron chi connectivity index (χ3n) is 2.26. The predicted octanol–water partition coefficient (Wildman–Crippen LogP) is 2.02. The fourth-order valence-corrected chi connectivity index (χ4v) is 1.91. The molecule has 0 heterocycles. The average molecular weight is 330 g/mol. The molecule has 6 heteroatoms. The number of anilines is 1. The van der Waals surface area contributed by atoms with E-state index in [2.05, 4.69) is 26.6 Å². The van der Waals surface area contributed by atoms with Crippen LogP contribution >= 0.6 is 28.1 Å². The smallest absolute Gasteiger partial charge is 0.239 e. The topological polar surface area (TPSA) is 67.2 Å². The number of nitrogens with one attached hydrogen (secondary N) is 2. The quantitative estimate of drug-likeness (QED) is 0.698. The number of benzene rings is 1. The molecule has 98 valence electrons. The number of hydrogen-bond acceptors (Lipinski definition) is 3. The summed E-state index contributed by atoms with van der Waals surface area (Å²) in [4.78, 5) is 11.8. The van der Waals surface area contributed by atoms with E-state index >= 15 is 0 Å². The van der Waals surface area contributed by atoms with Gasteiger partial charge in [0.05, 0.1) is 6.54 Å². The van der Waals surface area contributed by atoms with Crippen LogP contribution in [0.15, 0.2) is 22.7 Å². The van der Waals surface area contributed by atoms with Gasteiger partial charge in [0.15, 0.2) is 0 Å². The van der Waals surface area contributed by atoms with E-state index in [0.717, 1.165) is 22.1 Å². The highest BCUT2D eigenvalue weighted by atomic mass is 79.9. The van der Waals surface area contributed by atoms with Crippen molar-refractivity contribution in [2.24, 2.45) is 5.73 Å². The van der Waals surface area contributed by atoms with E-state index in [1.165, 1.54) is 0 Å². The summed E-state index contributed by atoms with van der Waals surface area (Å²) in [6, 6.07) is 5.54. The lowest BCUT2D eigenvalue weighted by molar-refractivity contribution is -0.119. The van der Waals surface area contributed by atoms with Crippen LogP contribution < -0.4 is 16.4 Å². The van der Waals surface area contributed by atoms with Gasteiger partial charge < -0.3 is 16.4 Å². The van der Waals surface area contributed by atoms with Crippen molar-refractivity contribution >= 4 is 44.7 Å². The lowest BCUT2D eigenvalue weighted by atomic mass is 10.2. The molecule has 1 aromatic rings. The molecule has 0 fully saturated rings. The van der Waals surface area contributed by atoms with E-state index in [4.69, 9.17) is 18.0 Å². The Balaban J connectivity index is 2.67. The fraction of sp³-hybridized carbons (Fsp3) is 0.333. The molecule has 0 bridgehead atoms. The first-order valence-corrected chi connectivity index (χ1v) is 6.84. The van der Waals surface area contributed by atoms with Gasteiger partial charge in [0.25, 0.3) is 0 Å². The maximum atomic E-state index is 11.5. The molecule has 0 radical (unpaired) electrons. The first-order valence-electron chi connectivity index (χ1n) is 5.64. The number of nitrogens with two attached hydrogens (primary N) is 1. The highest BCUT2D eigenvalue weighted by Gasteiger charge is 2.07. The van der Waals surface area contributed by atoms with Gasteiger partial charge in [-0.3, -0.25) is 4.79 Å². The minimum atomic E-state index is -0.0475. The molecule has 4 N–H and O–H groups in total. The second-order valence-electron chi connectivity index (χ2n) is 3.76. The van der Waals surface area contributed by atoms with E-state index in [-0.39, 0.29) is 12.5 Å². The number of thiocarbonyl (C=S) groups is 1. The molecule has 1 amide bonds. The average Bonchev–Trinajstić information content (AvgIpc) is 2.34. The van der Waals surface area contributed by atoms with Crippen molar-refractivity contribution in [2.45, 2.75) is 13.3 Å². The van der Waals surface area contributed by atoms with Gasteiger partial charge in [0.2, 0.25) is 5.91 Å². The zero-order chi connectivity index (χ0) is 13.5. The van der Waals surface area contributed by atoms with Gasteiger partial charge in [-0.05, 0) is 24.6 Å². The van der Waals surface area contributed by atoms with Gasteiger partial charge in [-0.1, -0.05) is 35.1 Å². The van der Waals surface area contributed by atoms with Crippen LogP contribution in [0.4, 0.5) is 5.69 Å². The molecule has 0 aliphatic rings. The van der Waals surface area contributed by atoms with Crippen molar-refractivity contribution < 1.29 is 4.79 Å². The molecule has 0 saturated carbocycles. The number of hydrogen-bond donors (Lipinski definition) is 3. The van der Waals surface area contributed by atoms with Crippen LogP contribution in [0.1, 0.15) is 18.9 Å². The minimum Gasteiger partial charge on any atom is -0.389 e. The molecule has 0 aromatic heterocycles. The first kappa shape index (κ1) is 14.9. The zero-order valence-electron chi connectivity index (χ0n) is 10.1. The second-order valence-corrected chi connectivity index (χ2v) is 5.11. The standard InChI is InChI=1S/C12H16BrN3OS/c1-2-5-15-11(17)7-16-10-4-3-8(13)6-9(10)12(14)18/h3-4,6,16H,2,5,7H2,1H3,(H2,14,18)(H,15,17). The lowest BCUT2D eigenvalue weighted by Crippen LogP contribution is -2.30. The SMILES string of the molecule is CCCNC(=O)CNc1ccc(Br)cc1C(N)=S. The van der Waals surface area contributed by atoms with E-state index in [0.29, 0.717) is 11.5 Å². The Labute approximate surface area is 120 Å². The molecular weight excluding hydrogens is 314 g/mol. The molecule has 0 unspecified atom stereocenters. The van der Waals surface area contributed by atoms with Crippen LogP contribution in [-0.2, 0) is 4.79 Å². The number of carbonyl (C=O) groups excluding carboxylic acids is 1.